The van der Waals surface area contributed by atoms with E-state index in [1.54, 1.807) is 20.9 Å². The molecule has 0 amide bonds. The third-order valence-corrected chi connectivity index (χ3v) is 4.04. The van der Waals surface area contributed by atoms with Crippen molar-refractivity contribution in [2.45, 2.75) is 25.8 Å². The molecular weight excluding hydrogens is 332 g/mol. The number of ether oxygens (including phenoxy) is 2. The van der Waals surface area contributed by atoms with Crippen molar-refractivity contribution in [1.82, 2.24) is 14.6 Å². The lowest BCUT2D eigenvalue weighted by Crippen LogP contribution is -2.60. The van der Waals surface area contributed by atoms with Crippen molar-refractivity contribution in [3.63, 3.8) is 0 Å². The molecule has 0 radical (unpaired) electrons. The molecule has 138 valence electrons. The van der Waals surface area contributed by atoms with Crippen LogP contribution in [0.25, 0.3) is 0 Å². The van der Waals surface area contributed by atoms with Gasteiger partial charge in [-0.05, 0) is 13.8 Å². The van der Waals surface area contributed by atoms with Crippen LogP contribution in [0.5, 0.6) is 0 Å². The lowest BCUT2D eigenvalue weighted by atomic mass is 9.90. The Kier molecular flexibility index (Phi) is 5.31. The maximum Gasteiger partial charge on any atom is 0.332 e. The first-order valence-corrected chi connectivity index (χ1v) is 7.89. The highest BCUT2D eigenvalue weighted by Crippen LogP contribution is 2.31. The largest absolute Gasteiger partial charge is 0.465 e. The molecule has 0 saturated carbocycles. The summed E-state index contributed by atoms with van der Waals surface area (Å²) in [5.74, 6) is -2.45. The monoisotopic (exact) mass is 354 g/mol. The van der Waals surface area contributed by atoms with Crippen molar-refractivity contribution < 1.29 is 19.1 Å². The van der Waals surface area contributed by atoms with Crippen molar-refractivity contribution in [3.8, 4) is 0 Å². The molecule has 2 atom stereocenters. The lowest BCUT2D eigenvalue weighted by molar-refractivity contribution is -0.154. The van der Waals surface area contributed by atoms with Crippen molar-refractivity contribution in [3.05, 3.63) is 26.4 Å². The van der Waals surface area contributed by atoms with Gasteiger partial charge in [0.15, 0.2) is 0 Å². The number of aromatic nitrogens is 2. The fourth-order valence-corrected chi connectivity index (χ4v) is 2.96. The first-order valence-electron chi connectivity index (χ1n) is 7.89. The molecule has 25 heavy (non-hydrogen) atoms. The highest BCUT2D eigenvalue weighted by Gasteiger charge is 2.46. The average Bonchev–Trinajstić information content (AvgIpc) is 2.57. The van der Waals surface area contributed by atoms with E-state index in [1.807, 2.05) is 0 Å². The summed E-state index contributed by atoms with van der Waals surface area (Å²) < 4.78 is 12.2. The number of hydrogen-bond acceptors (Lipinski definition) is 8. The minimum absolute atomic E-state index is 0.0161. The Morgan fingerprint density at radius 2 is 1.56 bits per heavy atom. The van der Waals surface area contributed by atoms with Gasteiger partial charge in [-0.2, -0.15) is 0 Å². The predicted octanol–water partition coefficient (Wildman–Crippen LogP) is -1.38. The molecule has 10 nitrogen and oxygen atoms in total. The zero-order valence-electron chi connectivity index (χ0n) is 14.9. The van der Waals surface area contributed by atoms with Crippen molar-refractivity contribution in [2.75, 3.05) is 25.3 Å². The number of carbonyl (C=O) groups is 2. The molecule has 0 spiro atoms. The first kappa shape index (κ1) is 18.7. The molecule has 2 rings (SSSR count). The van der Waals surface area contributed by atoms with Gasteiger partial charge >= 0.3 is 17.6 Å². The molecule has 10 heteroatoms. The minimum Gasteiger partial charge on any atom is -0.465 e. The van der Waals surface area contributed by atoms with Crippen LogP contribution in [0.4, 0.5) is 5.82 Å². The quantitative estimate of drug-likeness (QED) is 0.658. The standard InChI is InChI=1S/C15H22N4O6/c1-6-24-13(21)8-9-11(17(3)15(23)18(4)12(9)20)19(5)16-10(8)14(22)25-7-2/h8,10,16H,6-7H2,1-5H3. The molecule has 2 unspecified atom stereocenters. The number of fused-ring (bicyclic) bond motifs is 1. The van der Waals surface area contributed by atoms with E-state index in [-0.39, 0.29) is 24.6 Å². The second kappa shape index (κ2) is 7.09. The number of rotatable bonds is 4. The number of hydrazine groups is 1. The third-order valence-electron chi connectivity index (χ3n) is 4.04. The molecule has 1 aromatic rings. The van der Waals surface area contributed by atoms with E-state index in [1.165, 1.54) is 23.7 Å². The third kappa shape index (κ3) is 3.04. The summed E-state index contributed by atoms with van der Waals surface area (Å²) in [6.45, 7) is 3.47. The van der Waals surface area contributed by atoms with Gasteiger partial charge in [-0.3, -0.25) is 28.5 Å². The molecule has 2 heterocycles. The Bertz CT molecular complexity index is 811. The molecule has 1 aromatic heterocycles. The van der Waals surface area contributed by atoms with Gasteiger partial charge in [-0.25, -0.2) is 10.2 Å². The van der Waals surface area contributed by atoms with Crippen LogP contribution in [0.2, 0.25) is 0 Å². The topological polar surface area (TPSA) is 112 Å². The van der Waals surface area contributed by atoms with Gasteiger partial charge in [0.1, 0.15) is 17.8 Å². The Morgan fingerprint density at radius 1 is 1.00 bits per heavy atom. The Hall–Kier alpha value is -2.62. The van der Waals surface area contributed by atoms with Crippen LogP contribution in [0.15, 0.2) is 9.59 Å². The minimum atomic E-state index is -1.23. The van der Waals surface area contributed by atoms with Gasteiger partial charge in [0, 0.05) is 21.1 Å². The fraction of sp³-hybridized carbons (Fsp3) is 0.600. The summed E-state index contributed by atoms with van der Waals surface area (Å²) in [7, 11) is 4.34. The highest BCUT2D eigenvalue weighted by atomic mass is 16.5. The Morgan fingerprint density at radius 3 is 2.12 bits per heavy atom. The van der Waals surface area contributed by atoms with E-state index in [4.69, 9.17) is 9.47 Å². The van der Waals surface area contributed by atoms with Crippen molar-refractivity contribution in [1.29, 1.82) is 0 Å². The molecule has 0 aromatic carbocycles. The molecule has 0 fully saturated rings. The number of hydrogen-bond donors (Lipinski definition) is 1. The van der Waals surface area contributed by atoms with Gasteiger partial charge < -0.3 is 9.47 Å². The lowest BCUT2D eigenvalue weighted by Gasteiger charge is -2.37. The maximum atomic E-state index is 12.7. The average molecular weight is 354 g/mol. The van der Waals surface area contributed by atoms with Crippen LogP contribution in [-0.2, 0) is 33.2 Å². The summed E-state index contributed by atoms with van der Waals surface area (Å²) in [6.07, 6.45) is 0. The predicted molar refractivity (Wildman–Crippen MR) is 88.3 cm³/mol. The molecule has 1 aliphatic heterocycles. The SMILES string of the molecule is CCOC(=O)C1NN(C)c2c(c(=O)n(C)c(=O)n2C)C1C(=O)OCC. The second-order valence-corrected chi connectivity index (χ2v) is 5.59. The summed E-state index contributed by atoms with van der Waals surface area (Å²) in [6, 6.07) is -1.14. The van der Waals surface area contributed by atoms with Gasteiger partial charge in [0.2, 0.25) is 0 Å². The summed E-state index contributed by atoms with van der Waals surface area (Å²) in [4.78, 5) is 49.7. The zero-order chi connectivity index (χ0) is 18.9. The second-order valence-electron chi connectivity index (χ2n) is 5.59. The van der Waals surface area contributed by atoms with Crippen molar-refractivity contribution in [2.24, 2.45) is 14.1 Å². The van der Waals surface area contributed by atoms with Crippen LogP contribution in [0, 0.1) is 0 Å². The number of nitrogens with zero attached hydrogens (tertiary/aromatic N) is 3. The molecule has 1 N–H and O–H groups in total. The number of anilines is 1. The smallest absolute Gasteiger partial charge is 0.332 e. The number of nitrogens with one attached hydrogen (secondary N) is 1. The molecule has 0 saturated heterocycles. The zero-order valence-corrected chi connectivity index (χ0v) is 14.9. The van der Waals surface area contributed by atoms with Crippen LogP contribution in [0.1, 0.15) is 25.3 Å². The van der Waals surface area contributed by atoms with Crippen molar-refractivity contribution >= 4 is 17.8 Å². The molecule has 0 bridgehead atoms. The normalized spacial score (nSPS) is 19.3. The van der Waals surface area contributed by atoms with Gasteiger partial charge in [-0.1, -0.05) is 0 Å². The Balaban J connectivity index is 2.76. The highest BCUT2D eigenvalue weighted by molar-refractivity contribution is 5.91. The van der Waals surface area contributed by atoms with E-state index in [2.05, 4.69) is 5.43 Å². The summed E-state index contributed by atoms with van der Waals surface area (Å²) >= 11 is 0. The molecule has 1 aliphatic rings. The van der Waals surface area contributed by atoms with E-state index in [0.29, 0.717) is 0 Å². The van der Waals surface area contributed by atoms with E-state index in [0.717, 1.165) is 4.57 Å². The van der Waals surface area contributed by atoms with E-state index < -0.39 is 35.1 Å². The van der Waals surface area contributed by atoms with Gasteiger partial charge in [0.25, 0.3) is 5.56 Å². The van der Waals surface area contributed by atoms with Crippen LogP contribution in [-0.4, -0.2) is 47.4 Å². The maximum absolute atomic E-state index is 12.7. The first-order chi connectivity index (χ1) is 11.8. The number of esters is 2. The van der Waals surface area contributed by atoms with Gasteiger partial charge in [-0.15, -0.1) is 0 Å². The van der Waals surface area contributed by atoms with Crippen LogP contribution >= 0.6 is 0 Å². The fourth-order valence-electron chi connectivity index (χ4n) is 2.96. The number of carbonyl (C=O) groups excluding carboxylic acids is 2. The summed E-state index contributed by atoms with van der Waals surface area (Å²) in [5.41, 5.74) is 1.63. The van der Waals surface area contributed by atoms with Crippen LogP contribution in [0.3, 0.4) is 0 Å². The van der Waals surface area contributed by atoms with Crippen LogP contribution < -0.4 is 21.7 Å². The van der Waals surface area contributed by atoms with Gasteiger partial charge in [0.05, 0.1) is 18.8 Å². The summed E-state index contributed by atoms with van der Waals surface area (Å²) in [5, 5.41) is 1.37. The van der Waals surface area contributed by atoms with E-state index in [9.17, 15) is 19.2 Å². The Labute approximate surface area is 143 Å². The molecule has 0 aliphatic carbocycles. The molecular formula is C15H22N4O6. The van der Waals surface area contributed by atoms with E-state index >= 15 is 0 Å².